The summed E-state index contributed by atoms with van der Waals surface area (Å²) in [6.07, 6.45) is 0. The van der Waals surface area contributed by atoms with E-state index in [2.05, 4.69) is 20.0 Å². The fraction of sp³-hybridized carbons (Fsp3) is 0.200. The summed E-state index contributed by atoms with van der Waals surface area (Å²) < 4.78 is 42.0. The van der Waals surface area contributed by atoms with Gasteiger partial charge in [0.15, 0.2) is 0 Å². The molecule has 2 rings (SSSR count). The third-order valence-electron chi connectivity index (χ3n) is 3.19. The number of carbonyl (C=O) groups excluding carboxylic acids is 2. The molecule has 0 fully saturated rings. The van der Waals surface area contributed by atoms with Crippen LogP contribution >= 0.6 is 22.6 Å². The van der Waals surface area contributed by atoms with Gasteiger partial charge >= 0.3 is 12.0 Å². The molecule has 11 nitrogen and oxygen atoms in total. The lowest BCUT2D eigenvalue weighted by Crippen LogP contribution is -2.35. The molecule has 2 N–H and O–H groups in total. The van der Waals surface area contributed by atoms with Crippen LogP contribution in [-0.4, -0.2) is 51.7 Å². The average Bonchev–Trinajstić information content (AvgIpc) is 2.66. The van der Waals surface area contributed by atoms with E-state index < -0.39 is 26.9 Å². The van der Waals surface area contributed by atoms with E-state index in [1.54, 1.807) is 4.72 Å². The number of carbonyl (C=O) groups is 2. The van der Waals surface area contributed by atoms with Gasteiger partial charge < -0.3 is 14.2 Å². The number of rotatable bonds is 6. The van der Waals surface area contributed by atoms with Crippen LogP contribution in [0.4, 0.5) is 10.7 Å². The third-order valence-corrected chi connectivity index (χ3v) is 5.23. The van der Waals surface area contributed by atoms with Gasteiger partial charge in [0.1, 0.15) is 4.90 Å². The first kappa shape index (κ1) is 21.6. The highest BCUT2D eigenvalue weighted by molar-refractivity contribution is 14.1. The van der Waals surface area contributed by atoms with E-state index in [1.165, 1.54) is 38.5 Å². The number of nitrogens with zero attached hydrogens (tertiary/aromatic N) is 2. The predicted octanol–water partition coefficient (Wildman–Crippen LogP) is 1.40. The standard InChI is InChI=1S/C15H15IN4O7S/c1-25-11-7-12(26-2)18-14(17-11)19-15(22)20-28(23,24)10-6-8(16)4-5-9(10)13(21)27-3/h4-7H,1-3H3,(H2,17,18,19,20,22). The topological polar surface area (TPSA) is 146 Å². The van der Waals surface area contributed by atoms with Gasteiger partial charge in [-0.15, -0.1) is 0 Å². The molecule has 2 amide bonds. The number of ether oxygens (including phenoxy) is 3. The first-order chi connectivity index (χ1) is 13.2. The zero-order chi connectivity index (χ0) is 20.9. The molecule has 1 aromatic carbocycles. The number of sulfonamides is 1. The highest BCUT2D eigenvalue weighted by Crippen LogP contribution is 2.21. The summed E-state index contributed by atoms with van der Waals surface area (Å²) in [6.45, 7) is 0. The Labute approximate surface area is 174 Å². The zero-order valence-corrected chi connectivity index (χ0v) is 17.8. The van der Waals surface area contributed by atoms with Crippen LogP contribution in [0.15, 0.2) is 29.2 Å². The highest BCUT2D eigenvalue weighted by Gasteiger charge is 2.26. The average molecular weight is 522 g/mol. The van der Waals surface area contributed by atoms with Crippen molar-refractivity contribution in [3.8, 4) is 11.8 Å². The smallest absolute Gasteiger partial charge is 0.339 e. The molecule has 2 aromatic rings. The van der Waals surface area contributed by atoms with Gasteiger partial charge in [-0.3, -0.25) is 5.32 Å². The molecule has 0 aliphatic rings. The SMILES string of the molecule is COC(=O)c1ccc(I)cc1S(=O)(=O)NC(=O)Nc1nc(OC)cc(OC)n1. The zero-order valence-electron chi connectivity index (χ0n) is 14.8. The Morgan fingerprint density at radius 2 is 1.64 bits per heavy atom. The third kappa shape index (κ3) is 5.19. The molecule has 0 unspecified atom stereocenters. The number of benzene rings is 1. The lowest BCUT2D eigenvalue weighted by atomic mass is 10.2. The normalized spacial score (nSPS) is 10.7. The van der Waals surface area contributed by atoms with Crippen LogP contribution in [0.2, 0.25) is 0 Å². The van der Waals surface area contributed by atoms with Gasteiger partial charge in [-0.05, 0) is 40.8 Å². The molecule has 0 radical (unpaired) electrons. The van der Waals surface area contributed by atoms with Gasteiger partial charge in [-0.1, -0.05) is 0 Å². The largest absolute Gasteiger partial charge is 0.481 e. The second-order valence-electron chi connectivity index (χ2n) is 4.97. The van der Waals surface area contributed by atoms with Crippen LogP contribution in [0.3, 0.4) is 0 Å². The Morgan fingerprint density at radius 3 is 2.18 bits per heavy atom. The number of nitrogens with one attached hydrogen (secondary N) is 2. The number of aromatic nitrogens is 2. The number of halogens is 1. The van der Waals surface area contributed by atoms with E-state index in [1.807, 2.05) is 22.6 Å². The lowest BCUT2D eigenvalue weighted by Gasteiger charge is -2.12. The highest BCUT2D eigenvalue weighted by atomic mass is 127. The van der Waals surface area contributed by atoms with Crippen LogP contribution < -0.4 is 19.5 Å². The van der Waals surface area contributed by atoms with Crippen molar-refractivity contribution in [2.24, 2.45) is 0 Å². The van der Waals surface area contributed by atoms with Crippen molar-refractivity contribution < 1.29 is 32.2 Å². The molecular formula is C15H15IN4O7S. The number of amides is 2. The van der Waals surface area contributed by atoms with E-state index >= 15 is 0 Å². The number of methoxy groups -OCH3 is 3. The molecule has 0 saturated carbocycles. The summed E-state index contributed by atoms with van der Waals surface area (Å²) >= 11 is 1.87. The van der Waals surface area contributed by atoms with Crippen LogP contribution in [0.25, 0.3) is 0 Å². The van der Waals surface area contributed by atoms with E-state index in [0.29, 0.717) is 3.57 Å². The molecule has 0 saturated heterocycles. The quantitative estimate of drug-likeness (QED) is 0.425. The molecule has 1 aromatic heterocycles. The monoisotopic (exact) mass is 522 g/mol. The second-order valence-corrected chi connectivity index (χ2v) is 7.86. The van der Waals surface area contributed by atoms with Gasteiger partial charge in [0.2, 0.25) is 17.7 Å². The molecule has 1 heterocycles. The maximum atomic E-state index is 12.6. The molecule has 0 atom stereocenters. The predicted molar refractivity (Wildman–Crippen MR) is 105 cm³/mol. The van der Waals surface area contributed by atoms with Crippen LogP contribution in [0, 0.1) is 3.57 Å². The summed E-state index contributed by atoms with van der Waals surface area (Å²) in [6, 6.07) is 4.27. The first-order valence-electron chi connectivity index (χ1n) is 7.39. The van der Waals surface area contributed by atoms with Gasteiger partial charge in [0.25, 0.3) is 10.0 Å². The van der Waals surface area contributed by atoms with Gasteiger partial charge in [0.05, 0.1) is 33.0 Å². The van der Waals surface area contributed by atoms with Crippen LogP contribution in [0.5, 0.6) is 11.8 Å². The molecule has 0 aliphatic carbocycles. The number of esters is 1. The molecule has 0 bridgehead atoms. The number of urea groups is 1. The van der Waals surface area contributed by atoms with Crippen molar-refractivity contribution in [3.63, 3.8) is 0 Å². The minimum absolute atomic E-state index is 0.0931. The Morgan fingerprint density at radius 1 is 1.04 bits per heavy atom. The number of hydrogen-bond acceptors (Lipinski definition) is 9. The van der Waals surface area contributed by atoms with Crippen LogP contribution in [0.1, 0.15) is 10.4 Å². The lowest BCUT2D eigenvalue weighted by molar-refractivity contribution is 0.0596. The molecule has 13 heteroatoms. The van der Waals surface area contributed by atoms with Gasteiger partial charge in [-0.2, -0.15) is 9.97 Å². The summed E-state index contributed by atoms with van der Waals surface area (Å²) in [7, 11) is -0.592. The summed E-state index contributed by atoms with van der Waals surface area (Å²) in [5.41, 5.74) is -0.220. The van der Waals surface area contributed by atoms with Gasteiger partial charge in [-0.25, -0.2) is 22.7 Å². The minimum atomic E-state index is -4.40. The molecular weight excluding hydrogens is 507 g/mol. The van der Waals surface area contributed by atoms with Crippen molar-refractivity contribution >= 4 is 50.6 Å². The van der Waals surface area contributed by atoms with Crippen molar-refractivity contribution in [2.45, 2.75) is 4.90 Å². The Balaban J connectivity index is 2.29. The van der Waals surface area contributed by atoms with Gasteiger partial charge in [0, 0.05) is 3.57 Å². The fourth-order valence-corrected chi connectivity index (χ4v) is 3.80. The Kier molecular flexibility index (Phi) is 6.95. The Hall–Kier alpha value is -2.68. The second kappa shape index (κ2) is 9.01. The summed E-state index contributed by atoms with van der Waals surface area (Å²) in [4.78, 5) is 31.3. The molecule has 0 aliphatic heterocycles. The molecule has 0 spiro atoms. The number of hydrogen-bond donors (Lipinski definition) is 2. The van der Waals surface area contributed by atoms with E-state index in [0.717, 1.165) is 7.11 Å². The maximum absolute atomic E-state index is 12.6. The van der Waals surface area contributed by atoms with E-state index in [9.17, 15) is 18.0 Å². The van der Waals surface area contributed by atoms with Crippen LogP contribution in [-0.2, 0) is 14.8 Å². The maximum Gasteiger partial charge on any atom is 0.339 e. The van der Waals surface area contributed by atoms with E-state index in [-0.39, 0.29) is 23.3 Å². The fourth-order valence-electron chi connectivity index (χ4n) is 1.97. The summed E-state index contributed by atoms with van der Waals surface area (Å²) in [5.74, 6) is -0.927. The van der Waals surface area contributed by atoms with Crippen molar-refractivity contribution in [1.82, 2.24) is 14.7 Å². The molecule has 150 valence electrons. The minimum Gasteiger partial charge on any atom is -0.481 e. The summed E-state index contributed by atoms with van der Waals surface area (Å²) in [5, 5.41) is 2.17. The van der Waals surface area contributed by atoms with Crippen molar-refractivity contribution in [1.29, 1.82) is 0 Å². The van der Waals surface area contributed by atoms with Crippen molar-refractivity contribution in [3.05, 3.63) is 33.4 Å². The molecule has 28 heavy (non-hydrogen) atoms. The number of anilines is 1. The van der Waals surface area contributed by atoms with Crippen molar-refractivity contribution in [2.75, 3.05) is 26.6 Å². The first-order valence-corrected chi connectivity index (χ1v) is 9.95. The Bertz CT molecular complexity index is 991. The van der Waals surface area contributed by atoms with E-state index in [4.69, 9.17) is 9.47 Å².